The molecule has 0 aliphatic carbocycles. The van der Waals surface area contributed by atoms with E-state index in [1.807, 2.05) is 78.9 Å². The molecule has 0 saturated carbocycles. The molecule has 0 aliphatic rings. The molecule has 60 heavy (non-hydrogen) atoms. The number of fused-ring (bicyclic) bond motifs is 3. The quantitative estimate of drug-likeness (QED) is 0.196. The first kappa shape index (κ1) is 39.5. The van der Waals surface area contributed by atoms with Crippen LogP contribution in [-0.2, 0) is 0 Å². The van der Waals surface area contributed by atoms with Gasteiger partial charge < -0.3 is 4.42 Å². The Morgan fingerprint density at radius 1 is 0.283 bits per heavy atom. The van der Waals surface area contributed by atoms with Crippen molar-refractivity contribution in [2.75, 3.05) is 0 Å². The molecule has 0 amide bonds. The number of nitrogens with zero attached hydrogens (tertiary/aromatic N) is 3. The summed E-state index contributed by atoms with van der Waals surface area (Å²) < 4.78 is 6.43. The van der Waals surface area contributed by atoms with Crippen molar-refractivity contribution in [1.82, 2.24) is 15.0 Å². The summed E-state index contributed by atoms with van der Waals surface area (Å²) in [4.78, 5) is 14.7. The minimum Gasteiger partial charge on any atom is -0.457 e. The van der Waals surface area contributed by atoms with Gasteiger partial charge in [0.1, 0.15) is 97.5 Å². The van der Waals surface area contributed by atoms with E-state index < -0.39 is 0 Å². The Bertz CT molecular complexity index is 3180. The summed E-state index contributed by atoms with van der Waals surface area (Å²) in [6, 6.07) is 36.0. The number of furan rings is 1. The lowest BCUT2D eigenvalue weighted by molar-refractivity contribution is 0.674. The van der Waals surface area contributed by atoms with Crippen LogP contribution in [0.25, 0.3) is 89.5 Å². The zero-order chi connectivity index (χ0) is 42.1. The van der Waals surface area contributed by atoms with Crippen molar-refractivity contribution in [3.8, 4) is 67.5 Å². The number of rotatable bonds is 6. The first-order valence-corrected chi connectivity index (χ1v) is 18.6. The molecule has 0 aliphatic heterocycles. The van der Waals surface area contributed by atoms with Crippen molar-refractivity contribution in [2.45, 2.75) is 0 Å². The SMILES string of the molecule is [B]c1c([B])c([B])c(-c2c([B])c([B])c([B])c3oc4c([B])c(-c5nc(-c6ccccc6)nc(-c6ccc(-c7cccc(-c8ccccc8)c7)cc6)n5)c([B])c([B])c4c23)c([B])c1[B]. The summed E-state index contributed by atoms with van der Waals surface area (Å²) in [5, 5.41) is 0.531. The Balaban J connectivity index is 1.24. The van der Waals surface area contributed by atoms with Gasteiger partial charge in [-0.1, -0.05) is 136 Å². The number of hydrogen-bond donors (Lipinski definition) is 0. The second-order valence-corrected chi connectivity index (χ2v) is 14.4. The smallest absolute Gasteiger partial charge is 0.164 e. The molecule has 15 heteroatoms. The van der Waals surface area contributed by atoms with Gasteiger partial charge in [0.05, 0.1) is 0 Å². The third kappa shape index (κ3) is 6.36. The van der Waals surface area contributed by atoms with E-state index in [2.05, 4.69) is 30.3 Å². The van der Waals surface area contributed by atoms with Crippen LogP contribution in [0.15, 0.2) is 114 Å². The highest BCUT2D eigenvalue weighted by Gasteiger charge is 2.27. The van der Waals surface area contributed by atoms with Crippen molar-refractivity contribution in [3.63, 3.8) is 0 Å². The summed E-state index contributed by atoms with van der Waals surface area (Å²) in [5.41, 5.74) is 6.67. The Morgan fingerprint density at radius 3 is 1.27 bits per heavy atom. The van der Waals surface area contributed by atoms with Crippen LogP contribution < -0.4 is 60.1 Å². The second kappa shape index (κ2) is 15.3. The number of aromatic nitrogens is 3. The topological polar surface area (TPSA) is 51.8 Å². The fourth-order valence-corrected chi connectivity index (χ4v) is 7.64. The Labute approximate surface area is 362 Å². The lowest BCUT2D eigenvalue weighted by Gasteiger charge is -2.25. The average Bonchev–Trinajstić information content (AvgIpc) is 3.69. The minimum absolute atomic E-state index is 0.00162. The van der Waals surface area contributed by atoms with Crippen LogP contribution in [0, 0.1) is 0 Å². The molecule has 2 heterocycles. The predicted octanol–water partition coefficient (Wildman–Crippen LogP) is -1.50. The van der Waals surface area contributed by atoms with Crippen molar-refractivity contribution in [1.29, 1.82) is 0 Å². The van der Waals surface area contributed by atoms with Crippen LogP contribution in [0.5, 0.6) is 0 Å². The zero-order valence-corrected chi connectivity index (χ0v) is 32.0. The molecule has 9 aromatic rings. The zero-order valence-electron chi connectivity index (χ0n) is 32.0. The standard InChI is InChI=1S/C45H18B11N3O/c46-30-25(27-31(47)36(52)39(55)37(53)32(27)48)26-28-33(49)34(50)29(35(51)42(28)60-41(26)40(56)38(30)54)45-58-43(21-10-5-2-6-11-21)57-44(59-45)22-16-14-20(15-17-22)24-13-7-12-23(18-24)19-8-3-1-4-9-19/h1-18H. The van der Waals surface area contributed by atoms with Crippen LogP contribution in [0.2, 0.25) is 0 Å². The molecule has 252 valence electrons. The fourth-order valence-electron chi connectivity index (χ4n) is 7.64. The molecule has 22 radical (unpaired) electrons. The Hall–Kier alpha value is -5.94. The first-order chi connectivity index (χ1) is 28.8. The molecule has 2 aromatic heterocycles. The largest absolute Gasteiger partial charge is 0.457 e. The maximum Gasteiger partial charge on any atom is 0.164 e. The van der Waals surface area contributed by atoms with Crippen molar-refractivity contribution in [2.24, 2.45) is 0 Å². The third-order valence-electron chi connectivity index (χ3n) is 10.9. The highest BCUT2D eigenvalue weighted by molar-refractivity contribution is 6.71. The predicted molar refractivity (Wildman–Crippen MR) is 259 cm³/mol. The van der Waals surface area contributed by atoms with Gasteiger partial charge in [-0.2, -0.15) is 0 Å². The molecule has 0 N–H and O–H groups in total. The van der Waals surface area contributed by atoms with Gasteiger partial charge in [-0.25, -0.2) is 15.0 Å². The first-order valence-electron chi connectivity index (χ1n) is 18.6. The highest BCUT2D eigenvalue weighted by atomic mass is 16.3. The van der Waals surface area contributed by atoms with Gasteiger partial charge in [-0.05, 0) is 44.9 Å². The van der Waals surface area contributed by atoms with Crippen molar-refractivity contribution >= 4 is 168 Å². The van der Waals surface area contributed by atoms with Gasteiger partial charge in [0.2, 0.25) is 0 Å². The van der Waals surface area contributed by atoms with Gasteiger partial charge in [0.15, 0.2) is 17.5 Å². The molecule has 0 unspecified atom stereocenters. The lowest BCUT2D eigenvalue weighted by Crippen LogP contribution is -2.56. The van der Waals surface area contributed by atoms with Crippen LogP contribution >= 0.6 is 0 Å². The van der Waals surface area contributed by atoms with E-state index in [1.54, 1.807) is 0 Å². The molecule has 7 aromatic carbocycles. The lowest BCUT2D eigenvalue weighted by atomic mass is 9.58. The maximum absolute atomic E-state index is 7.00. The van der Waals surface area contributed by atoms with E-state index in [-0.39, 0.29) is 105 Å². The number of benzene rings is 7. The van der Waals surface area contributed by atoms with E-state index in [4.69, 9.17) is 106 Å². The van der Waals surface area contributed by atoms with Crippen molar-refractivity contribution in [3.05, 3.63) is 109 Å². The summed E-state index contributed by atoms with van der Waals surface area (Å²) in [5.74, 6) is 0.873. The summed E-state index contributed by atoms with van der Waals surface area (Å²) in [7, 11) is 72.3. The van der Waals surface area contributed by atoms with Crippen LogP contribution in [0.3, 0.4) is 0 Å². The Kier molecular flexibility index (Phi) is 10.1. The normalized spacial score (nSPS) is 11.4. The van der Waals surface area contributed by atoms with Gasteiger partial charge >= 0.3 is 0 Å². The van der Waals surface area contributed by atoms with Crippen LogP contribution in [0.4, 0.5) is 0 Å². The fraction of sp³-hybridized carbons (Fsp3) is 0. The molecular weight excluding hydrogens is 717 g/mol. The minimum atomic E-state index is -0.0146. The maximum atomic E-state index is 7.00. The molecule has 0 saturated heterocycles. The molecule has 0 bridgehead atoms. The van der Waals surface area contributed by atoms with E-state index in [9.17, 15) is 0 Å². The monoisotopic (exact) mass is 737 g/mol. The van der Waals surface area contributed by atoms with Gasteiger partial charge in [-0.3, -0.25) is 0 Å². The summed E-state index contributed by atoms with van der Waals surface area (Å²) in [6.07, 6.45) is 0. The number of hydrogen-bond acceptors (Lipinski definition) is 4. The van der Waals surface area contributed by atoms with Crippen LogP contribution in [-0.4, -0.2) is 101 Å². The molecule has 0 fully saturated rings. The molecule has 4 nitrogen and oxygen atoms in total. The van der Waals surface area contributed by atoms with E-state index in [0.29, 0.717) is 17.2 Å². The van der Waals surface area contributed by atoms with E-state index >= 15 is 0 Å². The highest BCUT2D eigenvalue weighted by Crippen LogP contribution is 2.34. The van der Waals surface area contributed by atoms with E-state index in [0.717, 1.165) is 27.8 Å². The van der Waals surface area contributed by atoms with E-state index in [1.165, 1.54) is 0 Å². The van der Waals surface area contributed by atoms with Crippen LogP contribution in [0.1, 0.15) is 0 Å². The summed E-state index contributed by atoms with van der Waals surface area (Å²) in [6.45, 7) is 0. The van der Waals surface area contributed by atoms with Crippen molar-refractivity contribution < 1.29 is 4.42 Å². The van der Waals surface area contributed by atoms with Gasteiger partial charge in [0, 0.05) is 27.5 Å². The molecule has 9 rings (SSSR count). The molecular formula is C45H18B11N3O. The van der Waals surface area contributed by atoms with Gasteiger partial charge in [-0.15, -0.1) is 21.9 Å². The Morgan fingerprint density at radius 2 is 0.683 bits per heavy atom. The molecule has 0 atom stereocenters. The summed E-state index contributed by atoms with van der Waals surface area (Å²) >= 11 is 0. The second-order valence-electron chi connectivity index (χ2n) is 14.4. The third-order valence-corrected chi connectivity index (χ3v) is 10.9. The average molecular weight is 736 g/mol. The van der Waals surface area contributed by atoms with Gasteiger partial charge in [0.25, 0.3) is 0 Å². The molecule has 0 spiro atoms.